The van der Waals surface area contributed by atoms with Crippen LogP contribution < -0.4 is 5.32 Å². The lowest BCUT2D eigenvalue weighted by Crippen LogP contribution is -2.45. The van der Waals surface area contributed by atoms with E-state index in [1.165, 1.54) is 0 Å². The highest BCUT2D eigenvalue weighted by Crippen LogP contribution is 2.20. The van der Waals surface area contributed by atoms with Crippen LogP contribution >= 0.6 is 0 Å². The van der Waals surface area contributed by atoms with Gasteiger partial charge in [0.2, 0.25) is 0 Å². The fraction of sp³-hybridized carbons (Fsp3) is 0.353. The van der Waals surface area contributed by atoms with E-state index in [-0.39, 0.29) is 11.9 Å². The SMILES string of the molecule is O=C(N[C@H]1CCCC[C@@H]1O)c1ccc2ccccc2c1. The molecule has 2 N–H and O–H groups in total. The molecule has 0 heterocycles. The monoisotopic (exact) mass is 269 g/mol. The molecule has 0 unspecified atom stereocenters. The fourth-order valence-corrected chi connectivity index (χ4v) is 2.86. The van der Waals surface area contributed by atoms with Crippen LogP contribution in [0.4, 0.5) is 0 Å². The van der Waals surface area contributed by atoms with Gasteiger partial charge in [-0.3, -0.25) is 4.79 Å². The Hall–Kier alpha value is -1.87. The van der Waals surface area contributed by atoms with Crippen LogP contribution in [0, 0.1) is 0 Å². The standard InChI is InChI=1S/C17H19NO2/c19-16-8-4-3-7-15(16)18-17(20)14-10-9-12-5-1-2-6-13(12)11-14/h1-2,5-6,9-11,15-16,19H,3-4,7-8H2,(H,18,20)/t15-,16-/m0/s1. The van der Waals surface area contributed by atoms with Crippen molar-refractivity contribution >= 4 is 16.7 Å². The van der Waals surface area contributed by atoms with E-state index in [0.717, 1.165) is 36.5 Å². The molecule has 20 heavy (non-hydrogen) atoms. The first-order valence-electron chi connectivity index (χ1n) is 7.22. The first-order valence-corrected chi connectivity index (χ1v) is 7.22. The van der Waals surface area contributed by atoms with E-state index in [1.807, 2.05) is 42.5 Å². The topological polar surface area (TPSA) is 49.3 Å². The average molecular weight is 269 g/mol. The summed E-state index contributed by atoms with van der Waals surface area (Å²) in [6.07, 6.45) is 3.35. The number of aliphatic hydroxyl groups is 1. The summed E-state index contributed by atoms with van der Waals surface area (Å²) in [6, 6.07) is 13.6. The number of carbonyl (C=O) groups excluding carboxylic acids is 1. The van der Waals surface area contributed by atoms with Crippen molar-refractivity contribution < 1.29 is 9.90 Å². The zero-order valence-electron chi connectivity index (χ0n) is 11.4. The summed E-state index contributed by atoms with van der Waals surface area (Å²) >= 11 is 0. The smallest absolute Gasteiger partial charge is 0.251 e. The third kappa shape index (κ3) is 2.68. The summed E-state index contributed by atoms with van der Waals surface area (Å²) in [5, 5.41) is 15.1. The Morgan fingerprint density at radius 1 is 1.05 bits per heavy atom. The van der Waals surface area contributed by atoms with Crippen molar-refractivity contribution in [3.05, 3.63) is 48.0 Å². The molecule has 1 saturated carbocycles. The summed E-state index contributed by atoms with van der Waals surface area (Å²) in [7, 11) is 0. The van der Waals surface area contributed by atoms with Crippen molar-refractivity contribution in [3.8, 4) is 0 Å². The Balaban J connectivity index is 1.78. The van der Waals surface area contributed by atoms with Crippen molar-refractivity contribution in [2.24, 2.45) is 0 Å². The Morgan fingerprint density at radius 3 is 2.60 bits per heavy atom. The maximum atomic E-state index is 12.3. The Kier molecular flexibility index (Phi) is 3.70. The van der Waals surface area contributed by atoms with Gasteiger partial charge in [0, 0.05) is 5.56 Å². The molecule has 3 rings (SSSR count). The molecular weight excluding hydrogens is 250 g/mol. The third-order valence-corrected chi connectivity index (χ3v) is 4.06. The molecule has 3 nitrogen and oxygen atoms in total. The molecule has 0 aromatic heterocycles. The van der Waals surface area contributed by atoms with Gasteiger partial charge in [0.1, 0.15) is 0 Å². The van der Waals surface area contributed by atoms with Gasteiger partial charge in [-0.15, -0.1) is 0 Å². The van der Waals surface area contributed by atoms with Crippen LogP contribution in [0.15, 0.2) is 42.5 Å². The third-order valence-electron chi connectivity index (χ3n) is 4.06. The highest BCUT2D eigenvalue weighted by Gasteiger charge is 2.24. The minimum Gasteiger partial charge on any atom is -0.391 e. The van der Waals surface area contributed by atoms with Gasteiger partial charge in [-0.2, -0.15) is 0 Å². The summed E-state index contributed by atoms with van der Waals surface area (Å²) in [6.45, 7) is 0. The molecule has 0 bridgehead atoms. The predicted molar refractivity (Wildman–Crippen MR) is 79.7 cm³/mol. The minimum absolute atomic E-state index is 0.0956. The Bertz CT molecular complexity index is 623. The molecular formula is C17H19NO2. The summed E-state index contributed by atoms with van der Waals surface area (Å²) < 4.78 is 0. The van der Waals surface area contributed by atoms with Crippen molar-refractivity contribution in [1.29, 1.82) is 0 Å². The van der Waals surface area contributed by atoms with Crippen LogP contribution in [-0.2, 0) is 0 Å². The second kappa shape index (κ2) is 5.63. The van der Waals surface area contributed by atoms with Gasteiger partial charge in [-0.05, 0) is 35.7 Å². The maximum absolute atomic E-state index is 12.3. The number of carbonyl (C=O) groups is 1. The van der Waals surface area contributed by atoms with Gasteiger partial charge in [0.25, 0.3) is 5.91 Å². The number of hydrogen-bond acceptors (Lipinski definition) is 2. The lowest BCUT2D eigenvalue weighted by molar-refractivity contribution is 0.0717. The maximum Gasteiger partial charge on any atom is 0.251 e. The van der Waals surface area contributed by atoms with E-state index in [4.69, 9.17) is 0 Å². The molecule has 0 aliphatic heterocycles. The number of nitrogens with one attached hydrogen (secondary N) is 1. The molecule has 0 spiro atoms. The number of rotatable bonds is 2. The lowest BCUT2D eigenvalue weighted by Gasteiger charge is -2.28. The van der Waals surface area contributed by atoms with Crippen LogP contribution in [0.25, 0.3) is 10.8 Å². The van der Waals surface area contributed by atoms with Crippen LogP contribution in [0.2, 0.25) is 0 Å². The van der Waals surface area contributed by atoms with Crippen molar-refractivity contribution in [2.45, 2.75) is 37.8 Å². The second-order valence-corrected chi connectivity index (χ2v) is 5.49. The zero-order chi connectivity index (χ0) is 13.9. The first-order chi connectivity index (χ1) is 9.74. The van der Waals surface area contributed by atoms with Crippen molar-refractivity contribution in [2.75, 3.05) is 0 Å². The molecule has 2 aromatic carbocycles. The number of amides is 1. The lowest BCUT2D eigenvalue weighted by atomic mass is 9.92. The number of fused-ring (bicyclic) bond motifs is 1. The van der Waals surface area contributed by atoms with Crippen LogP contribution in [0.3, 0.4) is 0 Å². The van der Waals surface area contributed by atoms with Gasteiger partial charge in [0.15, 0.2) is 0 Å². The average Bonchev–Trinajstić information content (AvgIpc) is 2.49. The minimum atomic E-state index is -0.409. The molecule has 3 heteroatoms. The predicted octanol–water partition coefficient (Wildman–Crippen LogP) is 2.87. The Labute approximate surface area is 118 Å². The highest BCUT2D eigenvalue weighted by atomic mass is 16.3. The molecule has 1 fully saturated rings. The van der Waals surface area contributed by atoms with Gasteiger partial charge < -0.3 is 10.4 Å². The summed E-state index contributed by atoms with van der Waals surface area (Å²) in [5.74, 6) is -0.0956. The van der Waals surface area contributed by atoms with Crippen molar-refractivity contribution in [1.82, 2.24) is 5.32 Å². The molecule has 1 aliphatic carbocycles. The molecule has 104 valence electrons. The first kappa shape index (κ1) is 13.1. The molecule has 1 amide bonds. The van der Waals surface area contributed by atoms with E-state index >= 15 is 0 Å². The highest BCUT2D eigenvalue weighted by molar-refractivity contribution is 5.98. The zero-order valence-corrected chi connectivity index (χ0v) is 11.4. The van der Waals surface area contributed by atoms with Crippen LogP contribution in [0.5, 0.6) is 0 Å². The molecule has 0 radical (unpaired) electrons. The summed E-state index contributed by atoms with van der Waals surface area (Å²) in [5.41, 5.74) is 0.654. The van der Waals surface area contributed by atoms with E-state index in [2.05, 4.69) is 5.32 Å². The van der Waals surface area contributed by atoms with Crippen molar-refractivity contribution in [3.63, 3.8) is 0 Å². The molecule has 1 aliphatic rings. The van der Waals surface area contributed by atoms with E-state index in [0.29, 0.717) is 5.56 Å². The van der Waals surface area contributed by atoms with E-state index in [9.17, 15) is 9.90 Å². The normalized spacial score (nSPS) is 22.6. The quantitative estimate of drug-likeness (QED) is 0.880. The van der Waals surface area contributed by atoms with Gasteiger partial charge in [-0.25, -0.2) is 0 Å². The van der Waals surface area contributed by atoms with Crippen LogP contribution in [0.1, 0.15) is 36.0 Å². The number of hydrogen-bond donors (Lipinski definition) is 2. The number of benzene rings is 2. The van der Waals surface area contributed by atoms with Gasteiger partial charge in [-0.1, -0.05) is 43.2 Å². The van der Waals surface area contributed by atoms with E-state index in [1.54, 1.807) is 0 Å². The largest absolute Gasteiger partial charge is 0.391 e. The van der Waals surface area contributed by atoms with Gasteiger partial charge in [0.05, 0.1) is 12.1 Å². The Morgan fingerprint density at radius 2 is 1.80 bits per heavy atom. The molecule has 2 aromatic rings. The van der Waals surface area contributed by atoms with Crippen LogP contribution in [-0.4, -0.2) is 23.2 Å². The summed E-state index contributed by atoms with van der Waals surface area (Å²) in [4.78, 5) is 12.3. The molecule has 2 atom stereocenters. The van der Waals surface area contributed by atoms with Gasteiger partial charge >= 0.3 is 0 Å². The number of aliphatic hydroxyl groups excluding tert-OH is 1. The fourth-order valence-electron chi connectivity index (χ4n) is 2.86. The second-order valence-electron chi connectivity index (χ2n) is 5.49. The molecule has 0 saturated heterocycles. The van der Waals surface area contributed by atoms with E-state index < -0.39 is 6.10 Å².